The summed E-state index contributed by atoms with van der Waals surface area (Å²) in [4.78, 5) is 15.5. The number of nitrogens with two attached hydrogens (primary N) is 1. The lowest BCUT2D eigenvalue weighted by Crippen LogP contribution is -2.43. The maximum atomic E-state index is 12.5. The first-order valence-corrected chi connectivity index (χ1v) is 7.50. The van der Waals surface area contributed by atoms with Crippen LogP contribution in [0.5, 0.6) is 0 Å². The van der Waals surface area contributed by atoms with Crippen molar-refractivity contribution in [3.63, 3.8) is 0 Å². The maximum Gasteiger partial charge on any atom is 0.236 e. The van der Waals surface area contributed by atoms with E-state index in [1.807, 2.05) is 24.1 Å². The van der Waals surface area contributed by atoms with Gasteiger partial charge in [-0.15, -0.1) is 24.2 Å². The molecule has 1 aliphatic heterocycles. The van der Waals surface area contributed by atoms with Crippen LogP contribution < -0.4 is 5.73 Å². The van der Waals surface area contributed by atoms with E-state index in [0.717, 1.165) is 6.42 Å². The highest BCUT2D eigenvalue weighted by molar-refractivity contribution is 8.01. The molecule has 1 unspecified atom stereocenters. The Balaban J connectivity index is 0.00000200. The Morgan fingerprint density at radius 3 is 2.70 bits per heavy atom. The van der Waals surface area contributed by atoms with Crippen LogP contribution in [-0.2, 0) is 11.2 Å². The molecule has 1 atom stereocenters. The molecule has 0 aliphatic carbocycles. The molecule has 1 aromatic carbocycles. The number of hydrogen-bond donors (Lipinski definition) is 1. The molecule has 1 aromatic rings. The van der Waals surface area contributed by atoms with Gasteiger partial charge in [0.25, 0.3) is 0 Å². The van der Waals surface area contributed by atoms with E-state index < -0.39 is 0 Å². The van der Waals surface area contributed by atoms with Gasteiger partial charge in [0.2, 0.25) is 5.91 Å². The molecular weight excluding hydrogens is 292 g/mol. The number of amides is 1. The van der Waals surface area contributed by atoms with Crippen molar-refractivity contribution in [3.8, 4) is 0 Å². The molecule has 20 heavy (non-hydrogen) atoms. The summed E-state index contributed by atoms with van der Waals surface area (Å²) >= 11 is 1.68. The Bertz CT molecular complexity index is 454. The molecule has 1 heterocycles. The predicted octanol–water partition coefficient (Wildman–Crippen LogP) is 2.57. The van der Waals surface area contributed by atoms with Gasteiger partial charge in [0.15, 0.2) is 0 Å². The van der Waals surface area contributed by atoms with Gasteiger partial charge in [-0.2, -0.15) is 0 Å². The fraction of sp³-hybridized carbons (Fsp3) is 0.533. The predicted molar refractivity (Wildman–Crippen MR) is 87.5 cm³/mol. The van der Waals surface area contributed by atoms with Gasteiger partial charge >= 0.3 is 0 Å². The van der Waals surface area contributed by atoms with Crippen LogP contribution in [0.15, 0.2) is 29.2 Å². The lowest BCUT2D eigenvalue weighted by molar-refractivity contribution is -0.130. The normalized spacial score (nSPS) is 17.3. The van der Waals surface area contributed by atoms with E-state index in [1.165, 1.54) is 10.5 Å². The Morgan fingerprint density at radius 2 is 2.10 bits per heavy atom. The van der Waals surface area contributed by atoms with Crippen LogP contribution in [0.2, 0.25) is 0 Å². The summed E-state index contributed by atoms with van der Waals surface area (Å²) in [5.41, 5.74) is 7.00. The number of fused-ring (bicyclic) bond motifs is 1. The van der Waals surface area contributed by atoms with Crippen molar-refractivity contribution in [1.29, 1.82) is 0 Å². The first kappa shape index (κ1) is 17.3. The molecule has 0 saturated carbocycles. The minimum absolute atomic E-state index is 0. The molecule has 0 saturated heterocycles. The molecule has 0 bridgehead atoms. The minimum Gasteiger partial charge on any atom is -0.344 e. The van der Waals surface area contributed by atoms with Gasteiger partial charge in [0, 0.05) is 18.5 Å². The molecule has 1 amide bonds. The quantitative estimate of drug-likeness (QED) is 0.929. The van der Waals surface area contributed by atoms with Crippen LogP contribution in [0.1, 0.15) is 19.4 Å². The lowest BCUT2D eigenvalue weighted by atomic mass is 9.93. The number of carbonyl (C=O) groups is 1. The van der Waals surface area contributed by atoms with Crippen molar-refractivity contribution in [2.45, 2.75) is 30.4 Å². The molecule has 0 radical (unpaired) electrons. The van der Waals surface area contributed by atoms with Crippen LogP contribution in [0.25, 0.3) is 0 Å². The molecular formula is C15H23ClN2OS. The minimum atomic E-state index is -0.0272. The zero-order valence-corrected chi connectivity index (χ0v) is 13.9. The van der Waals surface area contributed by atoms with E-state index in [0.29, 0.717) is 13.1 Å². The zero-order chi connectivity index (χ0) is 14.0. The first-order chi connectivity index (χ1) is 8.93. The summed E-state index contributed by atoms with van der Waals surface area (Å²) in [6.07, 6.45) is 0.840. The molecule has 1 aliphatic rings. The second-order valence-electron chi connectivity index (χ2n) is 5.98. The fourth-order valence-electron chi connectivity index (χ4n) is 2.35. The van der Waals surface area contributed by atoms with Gasteiger partial charge in [0.1, 0.15) is 0 Å². The van der Waals surface area contributed by atoms with E-state index in [4.69, 9.17) is 5.73 Å². The number of hydrogen-bond acceptors (Lipinski definition) is 3. The Morgan fingerprint density at radius 1 is 1.45 bits per heavy atom. The Hall–Kier alpha value is -0.710. The van der Waals surface area contributed by atoms with Gasteiger partial charge in [-0.25, -0.2) is 0 Å². The van der Waals surface area contributed by atoms with Crippen molar-refractivity contribution in [3.05, 3.63) is 29.8 Å². The molecule has 2 N–H and O–H groups in total. The zero-order valence-electron chi connectivity index (χ0n) is 12.3. The van der Waals surface area contributed by atoms with Gasteiger partial charge < -0.3 is 10.6 Å². The number of halogens is 1. The largest absolute Gasteiger partial charge is 0.344 e. The van der Waals surface area contributed by atoms with Crippen molar-refractivity contribution < 1.29 is 4.79 Å². The molecule has 0 spiro atoms. The Labute approximate surface area is 131 Å². The van der Waals surface area contributed by atoms with Crippen LogP contribution in [0.4, 0.5) is 0 Å². The van der Waals surface area contributed by atoms with Gasteiger partial charge in [-0.1, -0.05) is 32.0 Å². The van der Waals surface area contributed by atoms with Gasteiger partial charge in [0.05, 0.1) is 5.25 Å². The average Bonchev–Trinajstić information content (AvgIpc) is 2.81. The average molecular weight is 315 g/mol. The van der Waals surface area contributed by atoms with Crippen molar-refractivity contribution >= 4 is 30.1 Å². The van der Waals surface area contributed by atoms with E-state index in [2.05, 4.69) is 26.0 Å². The SMILES string of the molecule is CN(CC(C)(C)CN)C(=O)C1Cc2ccccc2S1.Cl. The van der Waals surface area contributed by atoms with Gasteiger partial charge in [-0.05, 0) is 30.0 Å². The first-order valence-electron chi connectivity index (χ1n) is 6.62. The van der Waals surface area contributed by atoms with Crippen LogP contribution >= 0.6 is 24.2 Å². The number of thioether (sulfide) groups is 1. The molecule has 0 aromatic heterocycles. The summed E-state index contributed by atoms with van der Waals surface area (Å²) < 4.78 is 0. The summed E-state index contributed by atoms with van der Waals surface area (Å²) in [5.74, 6) is 0.211. The third-order valence-electron chi connectivity index (χ3n) is 3.52. The highest BCUT2D eigenvalue weighted by Crippen LogP contribution is 2.37. The van der Waals surface area contributed by atoms with Gasteiger partial charge in [-0.3, -0.25) is 4.79 Å². The molecule has 5 heteroatoms. The third-order valence-corrected chi connectivity index (χ3v) is 4.82. The number of benzene rings is 1. The summed E-state index contributed by atoms with van der Waals surface area (Å²) in [5, 5.41) is 0.0241. The van der Waals surface area contributed by atoms with Crippen LogP contribution in [0.3, 0.4) is 0 Å². The van der Waals surface area contributed by atoms with E-state index in [9.17, 15) is 4.79 Å². The number of nitrogens with zero attached hydrogens (tertiary/aromatic N) is 1. The summed E-state index contributed by atoms with van der Waals surface area (Å²) in [6, 6.07) is 8.27. The molecule has 3 nitrogen and oxygen atoms in total. The second-order valence-corrected chi connectivity index (χ2v) is 7.23. The van der Waals surface area contributed by atoms with Crippen molar-refractivity contribution in [2.75, 3.05) is 20.1 Å². The van der Waals surface area contributed by atoms with E-state index in [1.54, 1.807) is 11.8 Å². The second kappa shape index (κ2) is 6.83. The van der Waals surface area contributed by atoms with Crippen molar-refractivity contribution in [1.82, 2.24) is 4.90 Å². The standard InChI is InChI=1S/C15H22N2OS.ClH/c1-15(2,9-16)10-17(3)14(18)13-8-11-6-4-5-7-12(11)19-13;/h4-7,13H,8-10,16H2,1-3H3;1H. The maximum absolute atomic E-state index is 12.5. The molecule has 2 rings (SSSR count). The van der Waals surface area contributed by atoms with E-state index >= 15 is 0 Å². The van der Waals surface area contributed by atoms with E-state index in [-0.39, 0.29) is 29.0 Å². The van der Waals surface area contributed by atoms with Crippen LogP contribution in [0, 0.1) is 5.41 Å². The van der Waals surface area contributed by atoms with Crippen LogP contribution in [-0.4, -0.2) is 36.2 Å². The molecule has 0 fully saturated rings. The summed E-state index contributed by atoms with van der Waals surface area (Å²) in [6.45, 7) is 5.47. The monoisotopic (exact) mass is 314 g/mol. The smallest absolute Gasteiger partial charge is 0.236 e. The fourth-order valence-corrected chi connectivity index (χ4v) is 3.66. The lowest BCUT2D eigenvalue weighted by Gasteiger charge is -2.30. The summed E-state index contributed by atoms with van der Waals surface area (Å²) in [7, 11) is 1.88. The highest BCUT2D eigenvalue weighted by Gasteiger charge is 2.31. The van der Waals surface area contributed by atoms with Crippen molar-refractivity contribution in [2.24, 2.45) is 11.1 Å². The Kier molecular flexibility index (Phi) is 5.92. The number of carbonyl (C=O) groups excluding carboxylic acids is 1. The molecule has 112 valence electrons. The highest BCUT2D eigenvalue weighted by atomic mass is 35.5. The topological polar surface area (TPSA) is 46.3 Å². The third kappa shape index (κ3) is 3.90. The number of rotatable bonds is 4.